The van der Waals surface area contributed by atoms with Crippen molar-refractivity contribution in [2.24, 2.45) is 0 Å². The summed E-state index contributed by atoms with van der Waals surface area (Å²) in [4.78, 5) is 10.2. The maximum atomic E-state index is 13.1. The van der Waals surface area contributed by atoms with Crippen LogP contribution < -0.4 is 4.90 Å². The molecule has 1 aromatic carbocycles. The summed E-state index contributed by atoms with van der Waals surface area (Å²) < 4.78 is 13.1. The summed E-state index contributed by atoms with van der Waals surface area (Å²) in [5.41, 5.74) is 1.88. The number of aromatic nitrogens is 2. The Morgan fingerprint density at radius 2 is 2.11 bits per heavy atom. The summed E-state index contributed by atoms with van der Waals surface area (Å²) in [6.07, 6.45) is 0. The molecule has 0 saturated heterocycles. The van der Waals surface area contributed by atoms with Crippen molar-refractivity contribution in [3.63, 3.8) is 0 Å². The van der Waals surface area contributed by atoms with Gasteiger partial charge in [0.2, 0.25) is 5.95 Å². The Morgan fingerprint density at radius 3 is 2.79 bits per heavy atom. The molecule has 0 saturated carbocycles. The van der Waals surface area contributed by atoms with E-state index in [9.17, 15) is 4.39 Å². The fourth-order valence-corrected chi connectivity index (χ4v) is 1.76. The van der Waals surface area contributed by atoms with Gasteiger partial charge >= 0.3 is 0 Å². The molecule has 0 radical (unpaired) electrons. The average Bonchev–Trinajstić information content (AvgIpc) is 2.38. The van der Waals surface area contributed by atoms with E-state index in [4.69, 9.17) is 5.26 Å². The Balaban J connectivity index is 2.23. The molecular weight excluding hydrogens is 243 g/mol. The molecule has 1 heterocycles. The Labute approximate surface area is 111 Å². The molecule has 0 fully saturated rings. The molecule has 0 amide bonds. The minimum absolute atomic E-state index is 0.270. The maximum Gasteiger partial charge on any atom is 0.226 e. The van der Waals surface area contributed by atoms with E-state index < -0.39 is 0 Å². The molecule has 2 aromatic rings. The van der Waals surface area contributed by atoms with Crippen LogP contribution in [0.1, 0.15) is 17.0 Å². The van der Waals surface area contributed by atoms with Gasteiger partial charge in [0.15, 0.2) is 0 Å². The second-order valence-electron chi connectivity index (χ2n) is 4.29. The summed E-state index contributed by atoms with van der Waals surface area (Å²) in [6, 6.07) is 9.99. The van der Waals surface area contributed by atoms with E-state index in [1.165, 1.54) is 12.1 Å². The molecule has 2 rings (SSSR count). The Bertz CT molecular complexity index is 634. The van der Waals surface area contributed by atoms with Crippen LogP contribution in [0.15, 0.2) is 30.3 Å². The number of nitriles is 1. The zero-order valence-corrected chi connectivity index (χ0v) is 10.8. The second kappa shape index (κ2) is 5.44. The fraction of sp³-hybridized carbons (Fsp3) is 0.214. The molecule has 4 nitrogen and oxygen atoms in total. The van der Waals surface area contributed by atoms with Crippen LogP contribution in [0.2, 0.25) is 0 Å². The first-order chi connectivity index (χ1) is 9.08. The minimum atomic E-state index is -0.270. The van der Waals surface area contributed by atoms with Gasteiger partial charge in [-0.05, 0) is 30.7 Å². The quantitative estimate of drug-likeness (QED) is 0.846. The lowest BCUT2D eigenvalue weighted by molar-refractivity contribution is 0.625. The number of halogens is 1. The number of aryl methyl sites for hydroxylation is 1. The van der Waals surface area contributed by atoms with Crippen molar-refractivity contribution >= 4 is 5.95 Å². The molecule has 96 valence electrons. The number of rotatable bonds is 3. The van der Waals surface area contributed by atoms with Gasteiger partial charge in [0.05, 0.1) is 0 Å². The summed E-state index contributed by atoms with van der Waals surface area (Å²) in [7, 11) is 1.81. The smallest absolute Gasteiger partial charge is 0.226 e. The predicted molar refractivity (Wildman–Crippen MR) is 70.0 cm³/mol. The van der Waals surface area contributed by atoms with Gasteiger partial charge < -0.3 is 4.90 Å². The third kappa shape index (κ3) is 3.26. The summed E-state index contributed by atoms with van der Waals surface area (Å²) >= 11 is 0. The Morgan fingerprint density at radius 1 is 1.32 bits per heavy atom. The zero-order chi connectivity index (χ0) is 13.8. The number of hydrogen-bond donors (Lipinski definition) is 0. The first-order valence-electron chi connectivity index (χ1n) is 5.80. The standard InChI is InChI=1S/C14H13FN4/c1-10-6-13(8-16)18-14(17-10)19(2)9-11-4-3-5-12(15)7-11/h3-7H,9H2,1-2H3. The van der Waals surface area contributed by atoms with E-state index in [2.05, 4.69) is 9.97 Å². The lowest BCUT2D eigenvalue weighted by atomic mass is 10.2. The average molecular weight is 256 g/mol. The van der Waals surface area contributed by atoms with Gasteiger partial charge in [-0.25, -0.2) is 14.4 Å². The SMILES string of the molecule is Cc1cc(C#N)nc(N(C)Cc2cccc(F)c2)n1. The van der Waals surface area contributed by atoms with Gasteiger partial charge in [0.25, 0.3) is 0 Å². The van der Waals surface area contributed by atoms with Crippen molar-refractivity contribution in [2.75, 3.05) is 11.9 Å². The van der Waals surface area contributed by atoms with Gasteiger partial charge in [0, 0.05) is 19.3 Å². The van der Waals surface area contributed by atoms with Crippen molar-refractivity contribution in [3.05, 3.63) is 53.1 Å². The highest BCUT2D eigenvalue weighted by Gasteiger charge is 2.08. The normalized spacial score (nSPS) is 10.0. The van der Waals surface area contributed by atoms with E-state index in [1.54, 1.807) is 24.1 Å². The molecule has 0 aliphatic carbocycles. The van der Waals surface area contributed by atoms with E-state index >= 15 is 0 Å². The van der Waals surface area contributed by atoms with Gasteiger partial charge in [-0.15, -0.1) is 0 Å². The van der Waals surface area contributed by atoms with Crippen LogP contribution >= 0.6 is 0 Å². The second-order valence-corrected chi connectivity index (χ2v) is 4.29. The molecular formula is C14H13FN4. The van der Waals surface area contributed by atoms with Crippen molar-refractivity contribution in [2.45, 2.75) is 13.5 Å². The molecule has 19 heavy (non-hydrogen) atoms. The first-order valence-corrected chi connectivity index (χ1v) is 5.80. The first kappa shape index (κ1) is 13.0. The van der Waals surface area contributed by atoms with Crippen LogP contribution in [0, 0.1) is 24.1 Å². The molecule has 1 aromatic heterocycles. The van der Waals surface area contributed by atoms with Crippen LogP contribution in [0.5, 0.6) is 0 Å². The third-order valence-corrected chi connectivity index (χ3v) is 2.61. The van der Waals surface area contributed by atoms with Crippen LogP contribution in [-0.2, 0) is 6.54 Å². The monoisotopic (exact) mass is 256 g/mol. The summed E-state index contributed by atoms with van der Waals surface area (Å²) in [5.74, 6) is 0.189. The lowest BCUT2D eigenvalue weighted by Gasteiger charge is -2.17. The van der Waals surface area contributed by atoms with Crippen LogP contribution in [0.3, 0.4) is 0 Å². The molecule has 0 bridgehead atoms. The van der Waals surface area contributed by atoms with E-state index in [0.717, 1.165) is 11.3 Å². The lowest BCUT2D eigenvalue weighted by Crippen LogP contribution is -2.20. The van der Waals surface area contributed by atoms with Crippen molar-refractivity contribution < 1.29 is 4.39 Å². The van der Waals surface area contributed by atoms with Gasteiger partial charge in [-0.1, -0.05) is 12.1 Å². The Hall–Kier alpha value is -2.48. The highest BCUT2D eigenvalue weighted by Crippen LogP contribution is 2.12. The minimum Gasteiger partial charge on any atom is -0.340 e. The van der Waals surface area contributed by atoms with Crippen LogP contribution in [-0.4, -0.2) is 17.0 Å². The number of hydrogen-bond acceptors (Lipinski definition) is 4. The fourth-order valence-electron chi connectivity index (χ4n) is 1.76. The van der Waals surface area contributed by atoms with Crippen molar-refractivity contribution in [1.29, 1.82) is 5.26 Å². The van der Waals surface area contributed by atoms with E-state index in [1.807, 2.05) is 19.1 Å². The number of benzene rings is 1. The van der Waals surface area contributed by atoms with E-state index in [-0.39, 0.29) is 5.82 Å². The number of nitrogens with zero attached hydrogens (tertiary/aromatic N) is 4. The predicted octanol–water partition coefficient (Wildman–Crippen LogP) is 2.43. The van der Waals surface area contributed by atoms with Gasteiger partial charge in [-0.2, -0.15) is 5.26 Å². The molecule has 0 spiro atoms. The van der Waals surface area contributed by atoms with Gasteiger partial charge in [0.1, 0.15) is 17.6 Å². The largest absolute Gasteiger partial charge is 0.340 e. The summed E-state index contributed by atoms with van der Waals surface area (Å²) in [5, 5.41) is 8.89. The molecule has 5 heteroatoms. The zero-order valence-electron chi connectivity index (χ0n) is 10.8. The van der Waals surface area contributed by atoms with Crippen LogP contribution in [0.4, 0.5) is 10.3 Å². The van der Waals surface area contributed by atoms with Gasteiger partial charge in [-0.3, -0.25) is 0 Å². The Kier molecular flexibility index (Phi) is 3.71. The molecule has 0 aliphatic rings. The number of anilines is 1. The highest BCUT2D eigenvalue weighted by atomic mass is 19.1. The van der Waals surface area contributed by atoms with Crippen LogP contribution in [0.25, 0.3) is 0 Å². The topological polar surface area (TPSA) is 52.8 Å². The van der Waals surface area contributed by atoms with Crippen molar-refractivity contribution in [3.8, 4) is 6.07 Å². The highest BCUT2D eigenvalue weighted by molar-refractivity contribution is 5.36. The molecule has 0 atom stereocenters. The molecule has 0 unspecified atom stereocenters. The van der Waals surface area contributed by atoms with E-state index in [0.29, 0.717) is 18.2 Å². The molecule has 0 N–H and O–H groups in total. The maximum absolute atomic E-state index is 13.1. The molecule has 0 aliphatic heterocycles. The third-order valence-electron chi connectivity index (χ3n) is 2.61. The summed E-state index contributed by atoms with van der Waals surface area (Å²) in [6.45, 7) is 2.29. The van der Waals surface area contributed by atoms with Crippen molar-refractivity contribution in [1.82, 2.24) is 9.97 Å².